The van der Waals surface area contributed by atoms with E-state index in [0.29, 0.717) is 47.9 Å². The second-order valence-electron chi connectivity index (χ2n) is 8.85. The normalized spacial score (nSPS) is 18.3. The van der Waals surface area contributed by atoms with Crippen LogP contribution in [0.2, 0.25) is 0 Å². The number of hydrogen-bond donors (Lipinski definition) is 2. The van der Waals surface area contributed by atoms with Crippen LogP contribution in [0.4, 0.5) is 20.3 Å². The van der Waals surface area contributed by atoms with Crippen molar-refractivity contribution in [2.45, 2.75) is 19.0 Å². The molecule has 2 unspecified atom stereocenters. The number of pyridine rings is 1. The van der Waals surface area contributed by atoms with Crippen molar-refractivity contribution in [2.75, 3.05) is 37.4 Å². The van der Waals surface area contributed by atoms with E-state index in [2.05, 4.69) is 24.8 Å². The zero-order chi connectivity index (χ0) is 24.5. The summed E-state index contributed by atoms with van der Waals surface area (Å²) in [4.78, 5) is 19.5. The Kier molecular flexibility index (Phi) is 6.27. The van der Waals surface area contributed by atoms with Gasteiger partial charge in [-0.05, 0) is 36.2 Å². The van der Waals surface area contributed by atoms with Gasteiger partial charge in [0.25, 0.3) is 0 Å². The van der Waals surface area contributed by atoms with E-state index in [9.17, 15) is 8.78 Å². The Bertz CT molecular complexity index is 1360. The lowest BCUT2D eigenvalue weighted by Gasteiger charge is -2.38. The van der Waals surface area contributed by atoms with Crippen LogP contribution in [0.25, 0.3) is 22.4 Å². The average Bonchev–Trinajstić information content (AvgIpc) is 3.25. The third-order valence-electron chi connectivity index (χ3n) is 6.26. The van der Waals surface area contributed by atoms with Crippen molar-refractivity contribution in [3.8, 4) is 11.3 Å². The number of rotatable bonds is 6. The van der Waals surface area contributed by atoms with Crippen molar-refractivity contribution in [1.82, 2.24) is 24.5 Å². The molecule has 3 aromatic heterocycles. The number of piperidine rings is 1. The number of benzene rings is 1. The number of anilines is 2. The van der Waals surface area contributed by atoms with Crippen LogP contribution in [0, 0.1) is 17.6 Å². The number of nitrogen functional groups attached to an aromatic ring is 1. The summed E-state index contributed by atoms with van der Waals surface area (Å²) in [6.07, 6.45) is 5.69. The molecule has 1 fully saturated rings. The largest absolute Gasteiger partial charge is 0.384 e. The van der Waals surface area contributed by atoms with Crippen LogP contribution in [0.15, 0.2) is 43.1 Å². The van der Waals surface area contributed by atoms with Crippen LogP contribution in [0.5, 0.6) is 0 Å². The Hall–Kier alpha value is -3.70. The van der Waals surface area contributed by atoms with Gasteiger partial charge in [-0.2, -0.15) is 0 Å². The Morgan fingerprint density at radius 2 is 1.94 bits per heavy atom. The van der Waals surface area contributed by atoms with Crippen LogP contribution in [-0.4, -0.2) is 57.4 Å². The molecule has 182 valence electrons. The molecule has 1 aliphatic heterocycles. The quantitative estimate of drug-likeness (QED) is 0.432. The standard InChI is InChI=1S/C24H26F2N8O/c1-35-11-14-4-17(27)10-33(8-14)21-7-29-20(15-2-3-18(25)19(26)5-15)6-16(21)9-34-13-32-22-23(28)30-12-31-24(22)34/h2-3,5-7,12-14,17H,4,8-11,27H2,1H3,(H2,28,30,31). The number of fused-ring (bicyclic) bond motifs is 1. The molecular weight excluding hydrogens is 454 g/mol. The maximum absolute atomic E-state index is 13.9. The molecule has 0 amide bonds. The Labute approximate surface area is 200 Å². The first-order valence-corrected chi connectivity index (χ1v) is 11.3. The van der Waals surface area contributed by atoms with E-state index in [1.54, 1.807) is 19.6 Å². The van der Waals surface area contributed by atoms with Crippen molar-refractivity contribution in [3.63, 3.8) is 0 Å². The van der Waals surface area contributed by atoms with Gasteiger partial charge in [0.15, 0.2) is 23.1 Å². The van der Waals surface area contributed by atoms with E-state index in [-0.39, 0.29) is 12.0 Å². The molecule has 0 spiro atoms. The number of imidazole rings is 1. The molecule has 0 bridgehead atoms. The predicted molar refractivity (Wildman–Crippen MR) is 129 cm³/mol. The highest BCUT2D eigenvalue weighted by Gasteiger charge is 2.27. The molecule has 4 heterocycles. The van der Waals surface area contributed by atoms with Crippen LogP contribution >= 0.6 is 0 Å². The van der Waals surface area contributed by atoms with Gasteiger partial charge < -0.3 is 25.7 Å². The van der Waals surface area contributed by atoms with Gasteiger partial charge in [0.1, 0.15) is 11.8 Å². The summed E-state index contributed by atoms with van der Waals surface area (Å²) in [6, 6.07) is 5.62. The lowest BCUT2D eigenvalue weighted by Crippen LogP contribution is -2.48. The molecule has 0 radical (unpaired) electrons. The van der Waals surface area contributed by atoms with Crippen molar-refractivity contribution >= 4 is 22.7 Å². The number of methoxy groups -OCH3 is 1. The highest BCUT2D eigenvalue weighted by atomic mass is 19.2. The minimum Gasteiger partial charge on any atom is -0.384 e. The van der Waals surface area contributed by atoms with Gasteiger partial charge in [-0.1, -0.05) is 0 Å². The van der Waals surface area contributed by atoms with E-state index in [1.165, 1.54) is 12.4 Å². The first-order chi connectivity index (χ1) is 16.9. The molecule has 1 aliphatic rings. The molecule has 11 heteroatoms. The molecule has 35 heavy (non-hydrogen) atoms. The first-order valence-electron chi connectivity index (χ1n) is 11.3. The summed E-state index contributed by atoms with van der Waals surface area (Å²) >= 11 is 0. The van der Waals surface area contributed by atoms with Gasteiger partial charge in [-0.15, -0.1) is 0 Å². The average molecular weight is 481 g/mol. The van der Waals surface area contributed by atoms with Gasteiger partial charge in [0.2, 0.25) is 0 Å². The molecule has 1 aromatic carbocycles. The fourth-order valence-corrected chi connectivity index (χ4v) is 4.71. The third-order valence-corrected chi connectivity index (χ3v) is 6.26. The molecule has 4 N–H and O–H groups in total. The van der Waals surface area contributed by atoms with Crippen LogP contribution < -0.4 is 16.4 Å². The Balaban J connectivity index is 1.57. The number of hydrogen-bond acceptors (Lipinski definition) is 8. The van der Waals surface area contributed by atoms with E-state index in [0.717, 1.165) is 36.3 Å². The van der Waals surface area contributed by atoms with Gasteiger partial charge >= 0.3 is 0 Å². The maximum atomic E-state index is 13.9. The van der Waals surface area contributed by atoms with Crippen LogP contribution in [0.3, 0.4) is 0 Å². The smallest absolute Gasteiger partial charge is 0.165 e. The summed E-state index contributed by atoms with van der Waals surface area (Å²) in [6.45, 7) is 2.45. The molecule has 0 saturated carbocycles. The van der Waals surface area contributed by atoms with Gasteiger partial charge in [-0.25, -0.2) is 23.7 Å². The van der Waals surface area contributed by atoms with Gasteiger partial charge in [0.05, 0.1) is 37.1 Å². The Morgan fingerprint density at radius 1 is 1.09 bits per heavy atom. The number of nitrogens with zero attached hydrogens (tertiary/aromatic N) is 6. The maximum Gasteiger partial charge on any atom is 0.165 e. The van der Waals surface area contributed by atoms with E-state index in [4.69, 9.17) is 16.2 Å². The van der Waals surface area contributed by atoms with E-state index in [1.807, 2.05) is 10.6 Å². The zero-order valence-electron chi connectivity index (χ0n) is 19.2. The van der Waals surface area contributed by atoms with Gasteiger partial charge in [-0.3, -0.25) is 4.98 Å². The van der Waals surface area contributed by atoms with Crippen molar-refractivity contribution < 1.29 is 13.5 Å². The summed E-state index contributed by atoms with van der Waals surface area (Å²) in [5.74, 6) is -1.24. The minimum absolute atomic E-state index is 0.00997. The highest BCUT2D eigenvalue weighted by molar-refractivity contribution is 5.81. The zero-order valence-corrected chi connectivity index (χ0v) is 19.2. The van der Waals surface area contributed by atoms with Crippen molar-refractivity contribution in [2.24, 2.45) is 11.7 Å². The third kappa shape index (κ3) is 4.64. The first kappa shape index (κ1) is 23.1. The highest BCUT2D eigenvalue weighted by Crippen LogP contribution is 2.31. The number of aromatic nitrogens is 5. The summed E-state index contributed by atoms with van der Waals surface area (Å²) in [5.41, 5.74) is 16.3. The predicted octanol–water partition coefficient (Wildman–Crippen LogP) is 2.60. The molecule has 1 saturated heterocycles. The van der Waals surface area contributed by atoms with Crippen LogP contribution in [-0.2, 0) is 11.3 Å². The van der Waals surface area contributed by atoms with E-state index < -0.39 is 11.6 Å². The minimum atomic E-state index is -0.924. The fourth-order valence-electron chi connectivity index (χ4n) is 4.71. The molecule has 4 aromatic rings. The second kappa shape index (κ2) is 9.51. The fraction of sp³-hybridized carbons (Fsp3) is 0.333. The lowest BCUT2D eigenvalue weighted by atomic mass is 9.94. The SMILES string of the molecule is COCC1CC(N)CN(c2cnc(-c3ccc(F)c(F)c3)cc2Cn2cnc3c(N)ncnc32)C1. The van der Waals surface area contributed by atoms with Gasteiger partial charge in [0, 0.05) is 37.7 Å². The monoisotopic (exact) mass is 480 g/mol. The molecule has 5 rings (SSSR count). The van der Waals surface area contributed by atoms with Crippen molar-refractivity contribution in [3.05, 3.63) is 60.3 Å². The molecule has 0 aliphatic carbocycles. The number of halogens is 2. The number of ether oxygens (including phenoxy) is 1. The van der Waals surface area contributed by atoms with E-state index >= 15 is 0 Å². The summed E-state index contributed by atoms with van der Waals surface area (Å²) in [5, 5.41) is 0. The Morgan fingerprint density at radius 3 is 2.74 bits per heavy atom. The lowest BCUT2D eigenvalue weighted by molar-refractivity contribution is 0.139. The molecule has 2 atom stereocenters. The molecule has 9 nitrogen and oxygen atoms in total. The van der Waals surface area contributed by atoms with Crippen molar-refractivity contribution in [1.29, 1.82) is 0 Å². The second-order valence-corrected chi connectivity index (χ2v) is 8.85. The summed E-state index contributed by atoms with van der Waals surface area (Å²) < 4.78 is 34.7. The number of nitrogens with two attached hydrogens (primary N) is 2. The summed E-state index contributed by atoms with van der Waals surface area (Å²) in [7, 11) is 1.69. The molecular formula is C24H26F2N8O. The van der Waals surface area contributed by atoms with Crippen LogP contribution in [0.1, 0.15) is 12.0 Å². The topological polar surface area (TPSA) is 121 Å².